The molecule has 3 nitrogen and oxygen atoms in total. The highest BCUT2D eigenvalue weighted by molar-refractivity contribution is 9.10. The maximum absolute atomic E-state index is 9.58. The maximum atomic E-state index is 9.58. The van der Waals surface area contributed by atoms with Crippen LogP contribution in [0.5, 0.6) is 0 Å². The molecule has 2 aromatic carbocycles. The molecule has 0 bridgehead atoms. The van der Waals surface area contributed by atoms with Crippen molar-refractivity contribution < 1.29 is 0 Å². The molecule has 0 aliphatic rings. The van der Waals surface area contributed by atoms with Crippen molar-refractivity contribution in [1.29, 1.82) is 5.26 Å². The molecule has 0 radical (unpaired) electrons. The number of nitrogens with two attached hydrogens (primary N) is 1. The van der Waals surface area contributed by atoms with Gasteiger partial charge in [-0.15, -0.1) is 0 Å². The van der Waals surface area contributed by atoms with Crippen LogP contribution in [0.3, 0.4) is 0 Å². The Balaban J connectivity index is 2.18. The van der Waals surface area contributed by atoms with Crippen molar-refractivity contribution in [2.45, 2.75) is 26.2 Å². The van der Waals surface area contributed by atoms with Crippen LogP contribution in [0, 0.1) is 11.3 Å². The van der Waals surface area contributed by atoms with Gasteiger partial charge in [0, 0.05) is 15.6 Å². The predicted octanol–water partition coefficient (Wildman–Crippen LogP) is 5.93. The molecular weight excluding hydrogens is 386 g/mol. The summed E-state index contributed by atoms with van der Waals surface area (Å²) in [6.07, 6.45) is 0. The number of hydrogen-bond acceptors (Lipinski definition) is 3. The minimum atomic E-state index is 0.0773. The molecule has 3 rings (SSSR count). The Morgan fingerprint density at radius 3 is 2.23 bits per heavy atom. The molecule has 0 saturated carbocycles. The van der Waals surface area contributed by atoms with Gasteiger partial charge in [0.1, 0.15) is 17.5 Å². The number of anilines is 1. The highest BCUT2D eigenvalue weighted by Crippen LogP contribution is 2.34. The lowest BCUT2D eigenvalue weighted by molar-refractivity contribution is 0.590. The molecular formula is C22H20BrN3. The van der Waals surface area contributed by atoms with Gasteiger partial charge in [0.05, 0.1) is 5.69 Å². The minimum absolute atomic E-state index is 0.0773. The Morgan fingerprint density at radius 1 is 1.00 bits per heavy atom. The first-order chi connectivity index (χ1) is 12.3. The monoisotopic (exact) mass is 405 g/mol. The Morgan fingerprint density at radius 2 is 1.65 bits per heavy atom. The molecule has 0 spiro atoms. The molecule has 0 fully saturated rings. The molecule has 2 N–H and O–H groups in total. The predicted molar refractivity (Wildman–Crippen MR) is 111 cm³/mol. The van der Waals surface area contributed by atoms with E-state index in [-0.39, 0.29) is 11.2 Å². The summed E-state index contributed by atoms with van der Waals surface area (Å²) in [6, 6.07) is 20.3. The molecule has 1 heterocycles. The van der Waals surface area contributed by atoms with Gasteiger partial charge in [-0.05, 0) is 28.7 Å². The largest absolute Gasteiger partial charge is 0.383 e. The van der Waals surface area contributed by atoms with E-state index in [4.69, 9.17) is 5.73 Å². The van der Waals surface area contributed by atoms with Gasteiger partial charge >= 0.3 is 0 Å². The van der Waals surface area contributed by atoms with Gasteiger partial charge in [0.25, 0.3) is 0 Å². The van der Waals surface area contributed by atoms with Gasteiger partial charge in [0.2, 0.25) is 0 Å². The van der Waals surface area contributed by atoms with E-state index in [1.54, 1.807) is 0 Å². The number of aromatic nitrogens is 1. The standard InChI is InChI=1S/C22H20BrN3/c1-22(2,3)15-10-8-14(9-11-15)17-12-20(26-21(25)18(17)13-24)16-6-4-5-7-19(16)23/h4-12H,1-3H3,(H2,25,26). The second-order valence-electron chi connectivity index (χ2n) is 7.23. The Labute approximate surface area is 162 Å². The highest BCUT2D eigenvalue weighted by Gasteiger charge is 2.17. The number of rotatable bonds is 2. The van der Waals surface area contributed by atoms with Crippen molar-refractivity contribution in [2.24, 2.45) is 0 Å². The third kappa shape index (κ3) is 3.49. The third-order valence-corrected chi connectivity index (χ3v) is 5.06. The van der Waals surface area contributed by atoms with E-state index in [1.807, 2.05) is 42.5 Å². The maximum Gasteiger partial charge on any atom is 0.142 e. The number of pyridine rings is 1. The smallest absolute Gasteiger partial charge is 0.142 e. The van der Waals surface area contributed by atoms with Crippen LogP contribution in [0.1, 0.15) is 31.9 Å². The van der Waals surface area contributed by atoms with Crippen molar-refractivity contribution in [3.8, 4) is 28.5 Å². The average molecular weight is 406 g/mol. The summed E-state index contributed by atoms with van der Waals surface area (Å²) in [5.41, 5.74) is 11.3. The summed E-state index contributed by atoms with van der Waals surface area (Å²) in [7, 11) is 0. The fourth-order valence-electron chi connectivity index (χ4n) is 2.87. The van der Waals surface area contributed by atoms with E-state index in [2.05, 4.69) is 59.9 Å². The molecule has 3 aromatic rings. The van der Waals surface area contributed by atoms with Crippen molar-refractivity contribution in [1.82, 2.24) is 4.98 Å². The normalized spacial score (nSPS) is 11.2. The van der Waals surface area contributed by atoms with Crippen LogP contribution in [-0.4, -0.2) is 4.98 Å². The van der Waals surface area contributed by atoms with Gasteiger partial charge in [-0.2, -0.15) is 5.26 Å². The SMILES string of the molecule is CC(C)(C)c1ccc(-c2cc(-c3ccccc3Br)nc(N)c2C#N)cc1. The zero-order valence-electron chi connectivity index (χ0n) is 15.0. The summed E-state index contributed by atoms with van der Waals surface area (Å²) in [5, 5.41) is 9.58. The van der Waals surface area contributed by atoms with E-state index < -0.39 is 0 Å². The molecule has 1 aromatic heterocycles. The van der Waals surface area contributed by atoms with Crippen LogP contribution in [0.4, 0.5) is 5.82 Å². The minimum Gasteiger partial charge on any atom is -0.383 e. The molecule has 130 valence electrons. The van der Waals surface area contributed by atoms with E-state index in [0.717, 1.165) is 26.9 Å². The Kier molecular flexibility index (Phi) is 4.84. The van der Waals surface area contributed by atoms with Crippen molar-refractivity contribution in [2.75, 3.05) is 5.73 Å². The fraction of sp³-hybridized carbons (Fsp3) is 0.182. The number of halogens is 1. The van der Waals surface area contributed by atoms with Gasteiger partial charge in [-0.25, -0.2) is 4.98 Å². The average Bonchev–Trinajstić information content (AvgIpc) is 2.61. The molecule has 0 aliphatic carbocycles. The Bertz CT molecular complexity index is 993. The summed E-state index contributed by atoms with van der Waals surface area (Å²) in [6.45, 7) is 6.54. The quantitative estimate of drug-likeness (QED) is 0.574. The number of nitrogens with zero attached hydrogens (tertiary/aromatic N) is 2. The van der Waals surface area contributed by atoms with Crippen molar-refractivity contribution in [3.05, 3.63) is 70.2 Å². The topological polar surface area (TPSA) is 62.7 Å². The number of nitriles is 1. The molecule has 0 unspecified atom stereocenters. The number of nitrogen functional groups attached to an aromatic ring is 1. The molecule has 0 saturated heterocycles. The summed E-state index contributed by atoms with van der Waals surface area (Å²) < 4.78 is 0.936. The zero-order valence-corrected chi connectivity index (χ0v) is 16.6. The molecule has 0 aliphatic heterocycles. The summed E-state index contributed by atoms with van der Waals surface area (Å²) in [4.78, 5) is 4.44. The number of hydrogen-bond donors (Lipinski definition) is 1. The summed E-state index contributed by atoms with van der Waals surface area (Å²) >= 11 is 3.56. The van der Waals surface area contributed by atoms with Crippen LogP contribution in [0.15, 0.2) is 59.1 Å². The first-order valence-corrected chi connectivity index (χ1v) is 9.17. The lowest BCUT2D eigenvalue weighted by Gasteiger charge is -2.19. The second kappa shape index (κ2) is 6.93. The highest BCUT2D eigenvalue weighted by atomic mass is 79.9. The van der Waals surface area contributed by atoms with E-state index in [1.165, 1.54) is 5.56 Å². The van der Waals surface area contributed by atoms with Gasteiger partial charge in [-0.1, -0.05) is 79.2 Å². The van der Waals surface area contributed by atoms with Gasteiger partial charge in [-0.3, -0.25) is 0 Å². The second-order valence-corrected chi connectivity index (χ2v) is 8.09. The Hall–Kier alpha value is -2.64. The lowest BCUT2D eigenvalue weighted by Crippen LogP contribution is -2.10. The molecule has 0 amide bonds. The van der Waals surface area contributed by atoms with E-state index in [9.17, 15) is 5.26 Å². The first-order valence-electron chi connectivity index (χ1n) is 8.37. The fourth-order valence-corrected chi connectivity index (χ4v) is 3.35. The van der Waals surface area contributed by atoms with Crippen molar-refractivity contribution in [3.63, 3.8) is 0 Å². The van der Waals surface area contributed by atoms with E-state index >= 15 is 0 Å². The molecule has 0 atom stereocenters. The van der Waals surface area contributed by atoms with Gasteiger partial charge < -0.3 is 5.73 Å². The molecule has 26 heavy (non-hydrogen) atoms. The van der Waals surface area contributed by atoms with E-state index in [0.29, 0.717) is 5.56 Å². The molecule has 4 heteroatoms. The third-order valence-electron chi connectivity index (χ3n) is 4.37. The first kappa shape index (κ1) is 18.2. The lowest BCUT2D eigenvalue weighted by atomic mass is 9.86. The zero-order chi connectivity index (χ0) is 18.9. The van der Waals surface area contributed by atoms with Crippen LogP contribution >= 0.6 is 15.9 Å². The van der Waals surface area contributed by atoms with Gasteiger partial charge in [0.15, 0.2) is 0 Å². The van der Waals surface area contributed by atoms with Crippen molar-refractivity contribution >= 4 is 21.7 Å². The summed E-state index contributed by atoms with van der Waals surface area (Å²) in [5.74, 6) is 0.246. The van der Waals surface area contributed by atoms with Crippen LogP contribution in [-0.2, 0) is 5.41 Å². The van der Waals surface area contributed by atoms with Crippen LogP contribution in [0.25, 0.3) is 22.4 Å². The number of benzene rings is 2. The van der Waals surface area contributed by atoms with Crippen LogP contribution in [0.2, 0.25) is 0 Å². The van der Waals surface area contributed by atoms with Crippen LogP contribution < -0.4 is 5.73 Å².